The second kappa shape index (κ2) is 8.17. The van der Waals surface area contributed by atoms with Crippen molar-refractivity contribution in [3.05, 3.63) is 86.6 Å². The van der Waals surface area contributed by atoms with Gasteiger partial charge in [0.15, 0.2) is 0 Å². The average Bonchev–Trinajstić information content (AvgIpc) is 2.91. The van der Waals surface area contributed by atoms with Gasteiger partial charge >= 0.3 is 0 Å². The Kier molecular flexibility index (Phi) is 5.66. The van der Waals surface area contributed by atoms with E-state index in [9.17, 15) is 19.2 Å². The summed E-state index contributed by atoms with van der Waals surface area (Å²) in [7, 11) is 1.68. The minimum Gasteiger partial charge on any atom is -0.315 e. The molecule has 1 N–H and O–H groups in total. The molecule has 0 saturated heterocycles. The number of halogens is 2. The van der Waals surface area contributed by atoms with Crippen molar-refractivity contribution in [1.29, 1.82) is 5.26 Å². The Morgan fingerprint density at radius 3 is 2.52 bits per heavy atom. The summed E-state index contributed by atoms with van der Waals surface area (Å²) in [4.78, 5) is 25.5. The molecular weight excluding hydrogens is 395 g/mol. The van der Waals surface area contributed by atoms with Crippen LogP contribution in [0.5, 0.6) is 0 Å². The van der Waals surface area contributed by atoms with Crippen LogP contribution in [0.25, 0.3) is 11.8 Å². The highest BCUT2D eigenvalue weighted by Gasteiger charge is 2.20. The molecule has 3 aromatic rings. The molecule has 3 rings (SSSR count). The Morgan fingerprint density at radius 2 is 1.90 bits per heavy atom. The van der Waals surface area contributed by atoms with Gasteiger partial charge in [-0.3, -0.25) is 14.3 Å². The standard InChI is InChI=1S/C21H16ClFN4O2/c1-13-19(21(29)27(26(13)2)15-7-4-3-5-8-15)25-20(28)14(12-24)11-16-17(22)9-6-10-18(16)23/h3-11H,1-2H3,(H,25,28). The quantitative estimate of drug-likeness (QED) is 0.524. The number of hydrogen-bond donors (Lipinski definition) is 1. The first-order chi connectivity index (χ1) is 13.8. The van der Waals surface area contributed by atoms with Gasteiger partial charge in [-0.25, -0.2) is 9.07 Å². The van der Waals surface area contributed by atoms with Crippen LogP contribution in [0.2, 0.25) is 5.02 Å². The van der Waals surface area contributed by atoms with Gasteiger partial charge in [0, 0.05) is 12.6 Å². The normalized spacial score (nSPS) is 11.2. The summed E-state index contributed by atoms with van der Waals surface area (Å²) in [5.74, 6) is -1.50. The minimum absolute atomic E-state index is 0.0298. The van der Waals surface area contributed by atoms with Gasteiger partial charge in [-0.1, -0.05) is 35.9 Å². The van der Waals surface area contributed by atoms with Gasteiger partial charge in [0.05, 0.1) is 16.4 Å². The van der Waals surface area contributed by atoms with Crippen molar-refractivity contribution in [3.8, 4) is 11.8 Å². The largest absolute Gasteiger partial charge is 0.315 e. The Hall–Kier alpha value is -3.63. The zero-order chi connectivity index (χ0) is 21.1. The first-order valence-corrected chi connectivity index (χ1v) is 8.94. The lowest BCUT2D eigenvalue weighted by molar-refractivity contribution is -0.112. The van der Waals surface area contributed by atoms with Gasteiger partial charge in [0.2, 0.25) is 0 Å². The van der Waals surface area contributed by atoms with Crippen molar-refractivity contribution in [2.24, 2.45) is 7.05 Å². The molecule has 0 atom stereocenters. The van der Waals surface area contributed by atoms with Crippen LogP contribution in [-0.2, 0) is 11.8 Å². The summed E-state index contributed by atoms with van der Waals surface area (Å²) in [5.41, 5.74) is 0.234. The molecule has 0 aliphatic heterocycles. The first-order valence-electron chi connectivity index (χ1n) is 8.56. The van der Waals surface area contributed by atoms with E-state index >= 15 is 0 Å². The maximum absolute atomic E-state index is 14.0. The fourth-order valence-electron chi connectivity index (χ4n) is 2.83. The Labute approximate surface area is 171 Å². The maximum atomic E-state index is 14.0. The molecule has 1 amide bonds. The monoisotopic (exact) mass is 410 g/mol. The fourth-order valence-corrected chi connectivity index (χ4v) is 3.05. The molecule has 1 heterocycles. The molecule has 0 unspecified atom stereocenters. The number of nitrogens with one attached hydrogen (secondary N) is 1. The van der Waals surface area contributed by atoms with E-state index in [0.717, 1.165) is 6.08 Å². The SMILES string of the molecule is Cc1c(NC(=O)C(C#N)=Cc2c(F)cccc2Cl)c(=O)n(-c2ccccc2)n1C. The highest BCUT2D eigenvalue weighted by atomic mass is 35.5. The molecule has 0 fully saturated rings. The lowest BCUT2D eigenvalue weighted by Crippen LogP contribution is -2.23. The molecule has 0 saturated carbocycles. The number of para-hydroxylation sites is 1. The summed E-state index contributed by atoms with van der Waals surface area (Å²) in [6.07, 6.45) is 1.06. The number of hydrogen-bond acceptors (Lipinski definition) is 3. The zero-order valence-corrected chi connectivity index (χ0v) is 16.4. The van der Waals surface area contributed by atoms with Gasteiger partial charge in [-0.15, -0.1) is 0 Å². The highest BCUT2D eigenvalue weighted by Crippen LogP contribution is 2.22. The van der Waals surface area contributed by atoms with Crippen LogP contribution in [0.3, 0.4) is 0 Å². The average molecular weight is 411 g/mol. The van der Waals surface area contributed by atoms with Crippen LogP contribution >= 0.6 is 11.6 Å². The van der Waals surface area contributed by atoms with Gasteiger partial charge in [0.1, 0.15) is 23.1 Å². The Balaban J connectivity index is 2.00. The number of aromatic nitrogens is 2. The molecule has 146 valence electrons. The highest BCUT2D eigenvalue weighted by molar-refractivity contribution is 6.32. The zero-order valence-electron chi connectivity index (χ0n) is 15.6. The molecule has 0 aliphatic carbocycles. The fraction of sp³-hybridized carbons (Fsp3) is 0.0952. The molecule has 0 spiro atoms. The van der Waals surface area contributed by atoms with E-state index in [-0.39, 0.29) is 21.8 Å². The number of carbonyl (C=O) groups is 1. The number of benzene rings is 2. The maximum Gasteiger partial charge on any atom is 0.295 e. The Morgan fingerprint density at radius 1 is 1.21 bits per heavy atom. The van der Waals surface area contributed by atoms with E-state index in [1.54, 1.807) is 49.0 Å². The lowest BCUT2D eigenvalue weighted by atomic mass is 10.1. The lowest BCUT2D eigenvalue weighted by Gasteiger charge is -2.07. The van der Waals surface area contributed by atoms with E-state index in [0.29, 0.717) is 11.4 Å². The van der Waals surface area contributed by atoms with Gasteiger partial charge in [0.25, 0.3) is 11.5 Å². The molecule has 1 aromatic heterocycles. The van der Waals surface area contributed by atoms with Crippen LogP contribution in [0.4, 0.5) is 10.1 Å². The van der Waals surface area contributed by atoms with Gasteiger partial charge < -0.3 is 5.32 Å². The van der Waals surface area contributed by atoms with Crippen molar-refractivity contribution >= 4 is 29.3 Å². The number of nitrogens with zero attached hydrogens (tertiary/aromatic N) is 3. The van der Waals surface area contributed by atoms with Crippen molar-refractivity contribution in [2.75, 3.05) is 5.32 Å². The molecule has 2 aromatic carbocycles. The molecule has 0 radical (unpaired) electrons. The smallest absolute Gasteiger partial charge is 0.295 e. The number of anilines is 1. The third-order valence-electron chi connectivity index (χ3n) is 4.45. The van der Waals surface area contributed by atoms with Gasteiger partial charge in [-0.05, 0) is 37.3 Å². The van der Waals surface area contributed by atoms with Crippen LogP contribution < -0.4 is 10.9 Å². The third-order valence-corrected chi connectivity index (χ3v) is 4.78. The van der Waals surface area contributed by atoms with Crippen LogP contribution in [0, 0.1) is 24.1 Å². The molecule has 8 heteroatoms. The van der Waals surface area contributed by atoms with Crippen LogP contribution in [0.1, 0.15) is 11.3 Å². The van der Waals surface area contributed by atoms with Crippen LogP contribution in [-0.4, -0.2) is 15.3 Å². The molecule has 29 heavy (non-hydrogen) atoms. The van der Waals surface area contributed by atoms with E-state index < -0.39 is 17.3 Å². The topological polar surface area (TPSA) is 79.8 Å². The van der Waals surface area contributed by atoms with E-state index in [4.69, 9.17) is 11.6 Å². The molecule has 6 nitrogen and oxygen atoms in total. The summed E-state index contributed by atoms with van der Waals surface area (Å²) in [6, 6.07) is 14.7. The van der Waals surface area contributed by atoms with E-state index in [1.807, 2.05) is 6.07 Å². The van der Waals surface area contributed by atoms with Crippen molar-refractivity contribution in [2.45, 2.75) is 6.92 Å². The van der Waals surface area contributed by atoms with E-state index in [2.05, 4.69) is 5.32 Å². The predicted molar refractivity (Wildman–Crippen MR) is 109 cm³/mol. The first kappa shape index (κ1) is 20.1. The summed E-state index contributed by atoms with van der Waals surface area (Å²) >= 11 is 5.96. The third kappa shape index (κ3) is 3.84. The minimum atomic E-state index is -0.835. The predicted octanol–water partition coefficient (Wildman–Crippen LogP) is 3.82. The Bertz CT molecular complexity index is 1200. The number of rotatable bonds is 4. The molecule has 0 bridgehead atoms. The van der Waals surface area contributed by atoms with Crippen molar-refractivity contribution in [3.63, 3.8) is 0 Å². The summed E-state index contributed by atoms with van der Waals surface area (Å²) < 4.78 is 17.0. The number of amides is 1. The number of carbonyl (C=O) groups excluding carboxylic acids is 1. The second-order valence-corrected chi connectivity index (χ2v) is 6.60. The molecule has 0 aliphatic rings. The summed E-state index contributed by atoms with van der Waals surface area (Å²) in [6.45, 7) is 1.67. The second-order valence-electron chi connectivity index (χ2n) is 6.20. The summed E-state index contributed by atoms with van der Waals surface area (Å²) in [5, 5.41) is 11.9. The van der Waals surface area contributed by atoms with Crippen LogP contribution in [0.15, 0.2) is 58.9 Å². The van der Waals surface area contributed by atoms with Crippen molar-refractivity contribution in [1.82, 2.24) is 9.36 Å². The van der Waals surface area contributed by atoms with E-state index in [1.165, 1.54) is 22.9 Å². The number of nitriles is 1. The van der Waals surface area contributed by atoms with Gasteiger partial charge in [-0.2, -0.15) is 5.26 Å². The van der Waals surface area contributed by atoms with Crippen molar-refractivity contribution < 1.29 is 9.18 Å². The molecular formula is C21H16ClFN4O2.